The number of furan rings is 1. The van der Waals surface area contributed by atoms with E-state index in [1.807, 2.05) is 35.2 Å². The smallest absolute Gasteiger partial charge is 0.259 e. The highest BCUT2D eigenvalue weighted by Gasteiger charge is 2.35. The minimum Gasteiger partial charge on any atom is -0.467 e. The lowest BCUT2D eigenvalue weighted by molar-refractivity contribution is -0.134. The normalized spacial score (nSPS) is 17.0. The summed E-state index contributed by atoms with van der Waals surface area (Å²) >= 11 is 0. The van der Waals surface area contributed by atoms with Crippen LogP contribution in [0, 0.1) is 0 Å². The van der Waals surface area contributed by atoms with E-state index in [0.717, 1.165) is 37.0 Å². The first-order valence-corrected chi connectivity index (χ1v) is 9.07. The quantitative estimate of drug-likeness (QED) is 0.827. The van der Waals surface area contributed by atoms with Gasteiger partial charge in [0.15, 0.2) is 0 Å². The van der Waals surface area contributed by atoms with Crippen molar-refractivity contribution in [2.24, 2.45) is 0 Å². The lowest BCUT2D eigenvalue weighted by Gasteiger charge is -2.30. The first-order chi connectivity index (χ1) is 12.6. The third-order valence-corrected chi connectivity index (χ3v) is 5.32. The number of carbonyl (C=O) groups is 2. The molecule has 0 atom stereocenters. The Morgan fingerprint density at radius 1 is 1.15 bits per heavy atom. The average Bonchev–Trinajstić information content (AvgIpc) is 3.39. The van der Waals surface area contributed by atoms with Crippen molar-refractivity contribution in [3.05, 3.63) is 66.1 Å². The molecule has 0 spiro atoms. The Kier molecular flexibility index (Phi) is 4.37. The number of rotatable bonds is 5. The molecule has 0 saturated heterocycles. The summed E-state index contributed by atoms with van der Waals surface area (Å²) in [6.07, 6.45) is 5.89. The van der Waals surface area contributed by atoms with Gasteiger partial charge in [0.2, 0.25) is 5.91 Å². The van der Waals surface area contributed by atoms with Crippen LogP contribution in [-0.4, -0.2) is 34.2 Å². The zero-order valence-corrected chi connectivity index (χ0v) is 14.7. The summed E-state index contributed by atoms with van der Waals surface area (Å²) < 4.78 is 5.44. The zero-order chi connectivity index (χ0) is 18.1. The second-order valence-corrected chi connectivity index (χ2v) is 6.92. The highest BCUT2D eigenvalue weighted by molar-refractivity contribution is 6.10. The number of nitrogens with zero attached hydrogens (tertiary/aromatic N) is 2. The summed E-state index contributed by atoms with van der Waals surface area (Å²) in [5, 5.41) is 0. The number of amides is 2. The van der Waals surface area contributed by atoms with Gasteiger partial charge in [-0.05, 0) is 31.0 Å². The molecule has 5 nitrogen and oxygen atoms in total. The third-order valence-electron chi connectivity index (χ3n) is 5.32. The molecule has 1 aromatic carbocycles. The van der Waals surface area contributed by atoms with E-state index in [4.69, 9.17) is 4.42 Å². The minimum atomic E-state index is -0.150. The van der Waals surface area contributed by atoms with Crippen molar-refractivity contribution in [2.75, 3.05) is 6.54 Å². The van der Waals surface area contributed by atoms with Crippen molar-refractivity contribution in [2.45, 2.75) is 38.3 Å². The standard InChI is InChI=1S/C21H22N2O3/c1-15-18-10-4-5-11-19(18)21(25)22(15)14-20(24)23(16-7-2-3-8-16)13-17-9-6-12-26-17/h4-6,9-12,16H,1-3,7-8,13-14H2. The monoisotopic (exact) mass is 350 g/mol. The lowest BCUT2D eigenvalue weighted by Crippen LogP contribution is -2.44. The van der Waals surface area contributed by atoms with E-state index < -0.39 is 0 Å². The fourth-order valence-electron chi connectivity index (χ4n) is 3.94. The van der Waals surface area contributed by atoms with Gasteiger partial charge in [-0.15, -0.1) is 0 Å². The van der Waals surface area contributed by atoms with Gasteiger partial charge >= 0.3 is 0 Å². The van der Waals surface area contributed by atoms with Crippen molar-refractivity contribution >= 4 is 17.5 Å². The van der Waals surface area contributed by atoms with Gasteiger partial charge in [-0.25, -0.2) is 0 Å². The predicted molar refractivity (Wildman–Crippen MR) is 98.0 cm³/mol. The topological polar surface area (TPSA) is 53.8 Å². The Morgan fingerprint density at radius 3 is 2.54 bits per heavy atom. The van der Waals surface area contributed by atoms with E-state index in [1.165, 1.54) is 4.90 Å². The molecular formula is C21H22N2O3. The van der Waals surface area contributed by atoms with Crippen LogP contribution in [0.3, 0.4) is 0 Å². The summed E-state index contributed by atoms with van der Waals surface area (Å²) in [5.41, 5.74) is 2.02. The molecule has 0 radical (unpaired) electrons. The molecule has 1 saturated carbocycles. The molecule has 1 aromatic heterocycles. The number of carbonyl (C=O) groups excluding carboxylic acids is 2. The summed E-state index contributed by atoms with van der Waals surface area (Å²) in [7, 11) is 0. The predicted octanol–water partition coefficient (Wildman–Crippen LogP) is 3.68. The van der Waals surface area contributed by atoms with Crippen molar-refractivity contribution in [3.63, 3.8) is 0 Å². The van der Waals surface area contributed by atoms with E-state index in [-0.39, 0.29) is 24.4 Å². The summed E-state index contributed by atoms with van der Waals surface area (Å²) in [4.78, 5) is 29.2. The molecule has 2 aromatic rings. The van der Waals surface area contributed by atoms with Crippen LogP contribution in [0.15, 0.2) is 53.7 Å². The van der Waals surface area contributed by atoms with Gasteiger partial charge in [0.05, 0.1) is 12.8 Å². The average molecular weight is 350 g/mol. The van der Waals surface area contributed by atoms with Crippen LogP contribution in [-0.2, 0) is 11.3 Å². The van der Waals surface area contributed by atoms with E-state index in [0.29, 0.717) is 17.8 Å². The molecule has 134 valence electrons. The van der Waals surface area contributed by atoms with E-state index in [1.54, 1.807) is 12.3 Å². The van der Waals surface area contributed by atoms with Crippen molar-refractivity contribution in [3.8, 4) is 0 Å². The van der Waals surface area contributed by atoms with Crippen molar-refractivity contribution < 1.29 is 14.0 Å². The van der Waals surface area contributed by atoms with Gasteiger partial charge < -0.3 is 9.32 Å². The molecule has 0 bridgehead atoms. The zero-order valence-electron chi connectivity index (χ0n) is 14.7. The molecule has 4 rings (SSSR count). The van der Waals surface area contributed by atoms with E-state index >= 15 is 0 Å². The second-order valence-electron chi connectivity index (χ2n) is 6.92. The maximum absolute atomic E-state index is 13.1. The van der Waals surface area contributed by atoms with Gasteiger partial charge in [0, 0.05) is 22.9 Å². The number of hydrogen-bond acceptors (Lipinski definition) is 3. The maximum Gasteiger partial charge on any atom is 0.259 e. The van der Waals surface area contributed by atoms with Gasteiger partial charge in [-0.3, -0.25) is 14.5 Å². The second kappa shape index (κ2) is 6.83. The highest BCUT2D eigenvalue weighted by Crippen LogP contribution is 2.32. The summed E-state index contributed by atoms with van der Waals surface area (Å²) in [6, 6.07) is 11.3. The first-order valence-electron chi connectivity index (χ1n) is 9.07. The maximum atomic E-state index is 13.1. The van der Waals surface area contributed by atoms with Crippen LogP contribution in [0.5, 0.6) is 0 Å². The molecule has 26 heavy (non-hydrogen) atoms. The largest absolute Gasteiger partial charge is 0.467 e. The van der Waals surface area contributed by atoms with Crippen LogP contribution in [0.1, 0.15) is 47.4 Å². The molecule has 1 aliphatic carbocycles. The molecule has 2 aliphatic rings. The van der Waals surface area contributed by atoms with E-state index in [2.05, 4.69) is 6.58 Å². The fraction of sp³-hybridized carbons (Fsp3) is 0.333. The lowest BCUT2D eigenvalue weighted by atomic mass is 10.1. The minimum absolute atomic E-state index is 0.0174. The van der Waals surface area contributed by atoms with Crippen LogP contribution in [0.25, 0.3) is 5.70 Å². The van der Waals surface area contributed by atoms with Crippen LogP contribution < -0.4 is 0 Å². The SMILES string of the molecule is C=C1c2ccccc2C(=O)N1CC(=O)N(Cc1ccco1)C1CCCC1. The molecular weight excluding hydrogens is 328 g/mol. The van der Waals surface area contributed by atoms with Gasteiger partial charge in [0.1, 0.15) is 12.3 Å². The van der Waals surface area contributed by atoms with Crippen LogP contribution >= 0.6 is 0 Å². The van der Waals surface area contributed by atoms with Gasteiger partial charge in [0.25, 0.3) is 5.91 Å². The summed E-state index contributed by atoms with van der Waals surface area (Å²) in [5.74, 6) is 0.555. The summed E-state index contributed by atoms with van der Waals surface area (Å²) in [6.45, 7) is 4.49. The Morgan fingerprint density at radius 2 is 1.88 bits per heavy atom. The molecule has 5 heteroatoms. The highest BCUT2D eigenvalue weighted by atomic mass is 16.3. The molecule has 0 unspecified atom stereocenters. The van der Waals surface area contributed by atoms with Crippen LogP contribution in [0.2, 0.25) is 0 Å². The third kappa shape index (κ3) is 2.94. The molecule has 0 N–H and O–H groups in total. The Hall–Kier alpha value is -2.82. The molecule has 2 heterocycles. The van der Waals surface area contributed by atoms with Gasteiger partial charge in [-0.1, -0.05) is 37.6 Å². The number of fused-ring (bicyclic) bond motifs is 1. The Bertz CT molecular complexity index is 800. The molecule has 2 amide bonds. The molecule has 1 fully saturated rings. The Labute approximate surface area is 152 Å². The first kappa shape index (κ1) is 16.6. The van der Waals surface area contributed by atoms with Crippen molar-refractivity contribution in [1.29, 1.82) is 0 Å². The Balaban J connectivity index is 1.53. The molecule has 1 aliphatic heterocycles. The van der Waals surface area contributed by atoms with Gasteiger partial charge in [-0.2, -0.15) is 0 Å². The number of benzene rings is 1. The fourth-order valence-corrected chi connectivity index (χ4v) is 3.94. The van der Waals surface area contributed by atoms with Crippen LogP contribution in [0.4, 0.5) is 0 Å². The van der Waals surface area contributed by atoms with E-state index in [9.17, 15) is 9.59 Å². The number of hydrogen-bond donors (Lipinski definition) is 0. The van der Waals surface area contributed by atoms with Crippen molar-refractivity contribution in [1.82, 2.24) is 9.80 Å².